The third-order valence-corrected chi connectivity index (χ3v) is 5.22. The van der Waals surface area contributed by atoms with Crippen molar-refractivity contribution < 1.29 is 4.79 Å². The lowest BCUT2D eigenvalue weighted by atomic mass is 9.68. The Kier molecular flexibility index (Phi) is 5.79. The molecule has 0 atom stereocenters. The molecule has 120 valence electrons. The summed E-state index contributed by atoms with van der Waals surface area (Å²) in [6.45, 7) is 3.31. The van der Waals surface area contributed by atoms with Gasteiger partial charge in [0.05, 0.1) is 0 Å². The molecule has 1 heterocycles. The van der Waals surface area contributed by atoms with E-state index in [1.54, 1.807) is 19.0 Å². The number of likely N-dealkylation sites (tertiary alicyclic amines) is 1. The van der Waals surface area contributed by atoms with Crippen LogP contribution in [0.25, 0.3) is 0 Å². The van der Waals surface area contributed by atoms with Crippen LogP contribution in [0.3, 0.4) is 0 Å². The van der Waals surface area contributed by atoms with Gasteiger partial charge in [-0.15, -0.1) is 0 Å². The van der Waals surface area contributed by atoms with Crippen LogP contribution in [-0.2, 0) is 4.79 Å². The molecule has 1 saturated heterocycles. The quantitative estimate of drug-likeness (QED) is 0.472. The maximum atomic E-state index is 11.8. The lowest BCUT2D eigenvalue weighted by Gasteiger charge is -2.38. The molecule has 0 aromatic rings. The predicted molar refractivity (Wildman–Crippen MR) is 89.9 cm³/mol. The zero-order valence-electron chi connectivity index (χ0n) is 13.5. The Labute approximate surface area is 132 Å². The first-order valence-electron chi connectivity index (χ1n) is 7.79. The SMILES string of the molecule is CSCCNC(=NCC(=O)N(C)C)N1CCC2(CCC2)C1. The molecular weight excluding hydrogens is 284 g/mol. The van der Waals surface area contributed by atoms with Gasteiger partial charge in [-0.05, 0) is 30.9 Å². The number of hydrogen-bond donors (Lipinski definition) is 1. The average molecular weight is 312 g/mol. The van der Waals surface area contributed by atoms with Crippen molar-refractivity contribution in [1.82, 2.24) is 15.1 Å². The fourth-order valence-electron chi connectivity index (χ4n) is 3.02. The van der Waals surface area contributed by atoms with Crippen molar-refractivity contribution in [3.8, 4) is 0 Å². The summed E-state index contributed by atoms with van der Waals surface area (Å²) in [5.74, 6) is 2.03. The smallest absolute Gasteiger partial charge is 0.243 e. The lowest BCUT2D eigenvalue weighted by Crippen LogP contribution is -2.43. The lowest BCUT2D eigenvalue weighted by molar-refractivity contribution is -0.127. The highest BCUT2D eigenvalue weighted by Crippen LogP contribution is 2.47. The molecular formula is C15H28N4OS. The van der Waals surface area contributed by atoms with Crippen molar-refractivity contribution in [2.75, 3.05) is 52.3 Å². The summed E-state index contributed by atoms with van der Waals surface area (Å²) in [4.78, 5) is 20.3. The van der Waals surface area contributed by atoms with Crippen LogP contribution in [-0.4, -0.2) is 73.9 Å². The molecule has 0 radical (unpaired) electrons. The molecule has 0 aromatic heterocycles. The van der Waals surface area contributed by atoms with Gasteiger partial charge in [0, 0.05) is 39.5 Å². The van der Waals surface area contributed by atoms with Crippen LogP contribution in [0.5, 0.6) is 0 Å². The molecule has 2 aliphatic rings. The minimum atomic E-state index is 0.0525. The van der Waals surface area contributed by atoms with Crippen LogP contribution in [0.1, 0.15) is 25.7 Å². The molecule has 0 unspecified atom stereocenters. The largest absolute Gasteiger partial charge is 0.355 e. The van der Waals surface area contributed by atoms with Crippen LogP contribution in [0.2, 0.25) is 0 Å². The first-order chi connectivity index (χ1) is 10.1. The molecule has 2 fully saturated rings. The average Bonchev–Trinajstić information content (AvgIpc) is 2.87. The van der Waals surface area contributed by atoms with E-state index < -0.39 is 0 Å². The number of carbonyl (C=O) groups is 1. The molecule has 6 heteroatoms. The molecule has 1 saturated carbocycles. The van der Waals surface area contributed by atoms with E-state index in [4.69, 9.17) is 0 Å². The normalized spacial score (nSPS) is 20.5. The van der Waals surface area contributed by atoms with Crippen molar-refractivity contribution in [3.63, 3.8) is 0 Å². The topological polar surface area (TPSA) is 47.9 Å². The second-order valence-electron chi connectivity index (χ2n) is 6.37. The zero-order valence-corrected chi connectivity index (χ0v) is 14.3. The van der Waals surface area contributed by atoms with Crippen LogP contribution in [0, 0.1) is 5.41 Å². The molecule has 1 aliphatic heterocycles. The van der Waals surface area contributed by atoms with Gasteiger partial charge < -0.3 is 15.1 Å². The van der Waals surface area contributed by atoms with Crippen molar-refractivity contribution in [2.24, 2.45) is 10.4 Å². The number of hydrogen-bond acceptors (Lipinski definition) is 3. The van der Waals surface area contributed by atoms with Gasteiger partial charge in [0.25, 0.3) is 0 Å². The van der Waals surface area contributed by atoms with E-state index in [0.29, 0.717) is 5.41 Å². The molecule has 5 nitrogen and oxygen atoms in total. The Morgan fingerprint density at radius 1 is 1.38 bits per heavy atom. The van der Waals surface area contributed by atoms with E-state index in [1.807, 2.05) is 11.8 Å². The molecule has 1 spiro atoms. The van der Waals surface area contributed by atoms with E-state index in [1.165, 1.54) is 25.7 Å². The van der Waals surface area contributed by atoms with Crippen molar-refractivity contribution >= 4 is 23.6 Å². The number of carbonyl (C=O) groups excluding carboxylic acids is 1. The Balaban J connectivity index is 1.94. The molecule has 0 aromatic carbocycles. The third-order valence-electron chi connectivity index (χ3n) is 4.60. The number of thioether (sulfide) groups is 1. The van der Waals surface area contributed by atoms with Gasteiger partial charge in [0.15, 0.2) is 5.96 Å². The minimum absolute atomic E-state index is 0.0525. The summed E-state index contributed by atoms with van der Waals surface area (Å²) in [6.07, 6.45) is 7.47. The number of nitrogens with zero attached hydrogens (tertiary/aromatic N) is 3. The van der Waals surface area contributed by atoms with Gasteiger partial charge in [-0.2, -0.15) is 11.8 Å². The summed E-state index contributed by atoms with van der Waals surface area (Å²) < 4.78 is 0. The molecule has 1 amide bonds. The first-order valence-corrected chi connectivity index (χ1v) is 9.18. The Morgan fingerprint density at radius 3 is 2.67 bits per heavy atom. The van der Waals surface area contributed by atoms with Gasteiger partial charge in [-0.25, -0.2) is 4.99 Å². The molecule has 21 heavy (non-hydrogen) atoms. The number of aliphatic imine (C=N–C) groups is 1. The van der Waals surface area contributed by atoms with Crippen molar-refractivity contribution in [3.05, 3.63) is 0 Å². The highest BCUT2D eigenvalue weighted by Gasteiger charge is 2.43. The molecule has 1 N–H and O–H groups in total. The summed E-state index contributed by atoms with van der Waals surface area (Å²) in [7, 11) is 3.55. The number of nitrogens with one attached hydrogen (secondary N) is 1. The second-order valence-corrected chi connectivity index (χ2v) is 7.36. The van der Waals surface area contributed by atoms with E-state index in [2.05, 4.69) is 21.5 Å². The second kappa shape index (κ2) is 7.38. The summed E-state index contributed by atoms with van der Waals surface area (Å²) in [5, 5.41) is 3.43. The van der Waals surface area contributed by atoms with Crippen LogP contribution >= 0.6 is 11.8 Å². The van der Waals surface area contributed by atoms with Crippen LogP contribution < -0.4 is 5.32 Å². The Bertz CT molecular complexity index is 393. The van der Waals surface area contributed by atoms with Crippen LogP contribution in [0.15, 0.2) is 4.99 Å². The summed E-state index contributed by atoms with van der Waals surface area (Å²) >= 11 is 1.82. The van der Waals surface area contributed by atoms with Gasteiger partial charge in [0.2, 0.25) is 5.91 Å². The highest BCUT2D eigenvalue weighted by molar-refractivity contribution is 7.98. The molecule has 1 aliphatic carbocycles. The highest BCUT2D eigenvalue weighted by atomic mass is 32.2. The first kappa shape index (κ1) is 16.5. The number of likely N-dealkylation sites (N-methyl/N-ethyl adjacent to an activating group) is 1. The Morgan fingerprint density at radius 2 is 2.14 bits per heavy atom. The summed E-state index contributed by atoms with van der Waals surface area (Å²) in [6, 6.07) is 0. The minimum Gasteiger partial charge on any atom is -0.355 e. The molecule has 2 rings (SSSR count). The monoisotopic (exact) mass is 312 g/mol. The fourth-order valence-corrected chi connectivity index (χ4v) is 3.32. The van der Waals surface area contributed by atoms with Gasteiger partial charge in [-0.1, -0.05) is 6.42 Å². The maximum Gasteiger partial charge on any atom is 0.243 e. The Hall–Kier alpha value is -0.910. The van der Waals surface area contributed by atoms with Gasteiger partial charge >= 0.3 is 0 Å². The fraction of sp³-hybridized carbons (Fsp3) is 0.867. The third kappa shape index (κ3) is 4.28. The predicted octanol–water partition coefficient (Wildman–Crippen LogP) is 1.26. The maximum absolute atomic E-state index is 11.8. The zero-order chi connectivity index (χ0) is 15.3. The van der Waals surface area contributed by atoms with Gasteiger partial charge in [-0.3, -0.25) is 4.79 Å². The van der Waals surface area contributed by atoms with Crippen molar-refractivity contribution in [2.45, 2.75) is 25.7 Å². The number of amides is 1. The van der Waals surface area contributed by atoms with Crippen LogP contribution in [0.4, 0.5) is 0 Å². The van der Waals surface area contributed by atoms with Crippen molar-refractivity contribution in [1.29, 1.82) is 0 Å². The number of guanidine groups is 1. The van der Waals surface area contributed by atoms with Gasteiger partial charge in [0.1, 0.15) is 6.54 Å². The van der Waals surface area contributed by atoms with E-state index in [0.717, 1.165) is 31.3 Å². The van der Waals surface area contributed by atoms with E-state index in [-0.39, 0.29) is 12.5 Å². The number of rotatable bonds is 5. The molecule has 0 bridgehead atoms. The van der Waals surface area contributed by atoms with E-state index in [9.17, 15) is 4.79 Å². The summed E-state index contributed by atoms with van der Waals surface area (Å²) in [5.41, 5.74) is 0.549. The standard InChI is InChI=1S/C15H28N4OS/c1-18(2)13(20)11-17-14(16-8-10-21-3)19-9-7-15(12-19)5-4-6-15/h4-12H2,1-3H3,(H,16,17). The van der Waals surface area contributed by atoms with E-state index >= 15 is 0 Å².